The maximum absolute atomic E-state index is 9.86. The lowest BCUT2D eigenvalue weighted by molar-refractivity contribution is 0.00578. The number of allylic oxidation sites excluding steroid dienone is 1. The van der Waals surface area contributed by atoms with E-state index in [1.807, 2.05) is 16.8 Å². The van der Waals surface area contributed by atoms with Gasteiger partial charge in [-0.2, -0.15) is 5.10 Å². The third kappa shape index (κ3) is 5.10. The molecular formula is C29H39BN2O4Si. The summed E-state index contributed by atoms with van der Waals surface area (Å²) in [6.45, 7) is 16.6. The van der Waals surface area contributed by atoms with Crippen molar-refractivity contribution in [1.29, 1.82) is 0 Å². The first kappa shape index (κ1) is 26.4. The molecule has 0 bridgehead atoms. The van der Waals surface area contributed by atoms with E-state index in [9.17, 15) is 5.11 Å². The van der Waals surface area contributed by atoms with E-state index in [2.05, 4.69) is 77.7 Å². The molecule has 3 aromatic rings. The van der Waals surface area contributed by atoms with Crippen LogP contribution in [0.5, 0.6) is 0 Å². The molecule has 8 heteroatoms. The highest BCUT2D eigenvalue weighted by atomic mass is 28.3. The van der Waals surface area contributed by atoms with E-state index in [4.69, 9.17) is 19.1 Å². The van der Waals surface area contributed by atoms with Gasteiger partial charge in [-0.1, -0.05) is 50.0 Å². The smallest absolute Gasteiger partial charge is 0.399 e. The van der Waals surface area contributed by atoms with E-state index < -0.39 is 26.4 Å². The molecule has 0 saturated carbocycles. The fraction of sp³-hybridized carbons (Fsp3) is 0.483. The number of aromatic nitrogens is 2. The van der Waals surface area contributed by atoms with Gasteiger partial charge in [-0.25, -0.2) is 4.68 Å². The van der Waals surface area contributed by atoms with Gasteiger partial charge in [0.05, 0.1) is 29.0 Å². The maximum Gasteiger partial charge on any atom is 0.494 e. The van der Waals surface area contributed by atoms with Crippen LogP contribution >= 0.6 is 0 Å². The fourth-order valence-corrected chi connectivity index (χ4v) is 5.67. The lowest BCUT2D eigenvalue weighted by atomic mass is 9.78. The zero-order valence-electron chi connectivity index (χ0n) is 23.2. The van der Waals surface area contributed by atoms with E-state index in [1.54, 1.807) is 0 Å². The largest absolute Gasteiger partial charge is 0.494 e. The number of hydrogen-bond donors (Lipinski definition) is 1. The Labute approximate surface area is 221 Å². The SMILES string of the molecule is CC1(C)OB(c2ccc3c(c2)c(C2=Cc4c(CO)cccc4C2)nn3COCC[Si](C)(C)C)OC1(C)C. The Balaban J connectivity index is 1.52. The first-order valence-corrected chi connectivity index (χ1v) is 17.0. The minimum atomic E-state index is -1.17. The normalized spacial score (nSPS) is 18.5. The van der Waals surface area contributed by atoms with Gasteiger partial charge in [0.15, 0.2) is 0 Å². The second-order valence-electron chi connectivity index (χ2n) is 12.6. The molecule has 1 saturated heterocycles. The predicted octanol–water partition coefficient (Wildman–Crippen LogP) is 5.24. The summed E-state index contributed by atoms with van der Waals surface area (Å²) >= 11 is 0. The minimum absolute atomic E-state index is 0.0269. The van der Waals surface area contributed by atoms with Crippen molar-refractivity contribution in [2.45, 2.75) is 84.3 Å². The summed E-state index contributed by atoms with van der Waals surface area (Å²) in [6, 6.07) is 13.6. The number of fused-ring (bicyclic) bond motifs is 2. The van der Waals surface area contributed by atoms with Gasteiger partial charge in [0.2, 0.25) is 0 Å². The van der Waals surface area contributed by atoms with E-state index >= 15 is 0 Å². The molecule has 2 heterocycles. The van der Waals surface area contributed by atoms with Crippen molar-refractivity contribution in [1.82, 2.24) is 9.78 Å². The monoisotopic (exact) mass is 518 g/mol. The zero-order valence-corrected chi connectivity index (χ0v) is 24.2. The van der Waals surface area contributed by atoms with Crippen molar-refractivity contribution in [2.75, 3.05) is 6.61 Å². The van der Waals surface area contributed by atoms with Crippen molar-refractivity contribution in [3.63, 3.8) is 0 Å². The minimum Gasteiger partial charge on any atom is -0.399 e. The number of rotatable bonds is 8. The number of ether oxygens (including phenoxy) is 1. The Kier molecular flexibility index (Phi) is 6.78. The first-order valence-electron chi connectivity index (χ1n) is 13.2. The molecule has 5 rings (SSSR count). The summed E-state index contributed by atoms with van der Waals surface area (Å²) < 4.78 is 20.8. The van der Waals surface area contributed by atoms with Crippen molar-refractivity contribution in [3.8, 4) is 0 Å². The van der Waals surface area contributed by atoms with Gasteiger partial charge in [0.25, 0.3) is 0 Å². The summed E-state index contributed by atoms with van der Waals surface area (Å²) in [7, 11) is -1.60. The van der Waals surface area contributed by atoms with Crippen LogP contribution in [-0.4, -0.2) is 47.9 Å². The second-order valence-corrected chi connectivity index (χ2v) is 18.2. The van der Waals surface area contributed by atoms with Crippen LogP contribution in [0.4, 0.5) is 0 Å². The molecule has 1 N–H and O–H groups in total. The van der Waals surface area contributed by atoms with Crippen LogP contribution in [0.15, 0.2) is 36.4 Å². The van der Waals surface area contributed by atoms with E-state index in [1.165, 1.54) is 5.56 Å². The molecule has 2 aromatic carbocycles. The third-order valence-electron chi connectivity index (χ3n) is 7.97. The Morgan fingerprint density at radius 1 is 1.08 bits per heavy atom. The molecular weight excluding hydrogens is 479 g/mol. The highest BCUT2D eigenvalue weighted by molar-refractivity contribution is 6.76. The van der Waals surface area contributed by atoms with Crippen LogP contribution in [-0.2, 0) is 33.8 Å². The molecule has 0 radical (unpaired) electrons. The summed E-state index contributed by atoms with van der Waals surface area (Å²) in [5.41, 5.74) is 6.58. The molecule has 2 aliphatic rings. The van der Waals surface area contributed by atoms with E-state index in [0.29, 0.717) is 6.73 Å². The van der Waals surface area contributed by atoms with E-state index in [0.717, 1.165) is 57.8 Å². The number of hydrogen-bond acceptors (Lipinski definition) is 5. The van der Waals surface area contributed by atoms with Gasteiger partial charge in [-0.05, 0) is 73.6 Å². The quantitative estimate of drug-likeness (QED) is 0.327. The number of aliphatic hydroxyl groups excluding tert-OH is 1. The molecule has 196 valence electrons. The van der Waals surface area contributed by atoms with Crippen molar-refractivity contribution < 1.29 is 19.2 Å². The molecule has 1 aliphatic heterocycles. The summed E-state index contributed by atoms with van der Waals surface area (Å²) in [5, 5.41) is 16.0. The maximum atomic E-state index is 9.86. The standard InChI is InChI=1S/C29H39BN2O4Si/c1-28(2)29(3,4)36-30(35-28)23-11-12-26-25(17-23)27(31-32(26)19-34-13-14-37(5,6)7)22-15-20-9-8-10-21(18-33)24(20)16-22/h8-12,16-17,33H,13-15,18-19H2,1-7H3. The molecule has 37 heavy (non-hydrogen) atoms. The average molecular weight is 519 g/mol. The Bertz CT molecular complexity index is 1340. The summed E-state index contributed by atoms with van der Waals surface area (Å²) in [6.07, 6.45) is 2.97. The molecule has 0 unspecified atom stereocenters. The highest BCUT2D eigenvalue weighted by Gasteiger charge is 2.51. The Hall–Kier alpha value is -2.23. The van der Waals surface area contributed by atoms with Gasteiger partial charge in [-0.15, -0.1) is 0 Å². The van der Waals surface area contributed by atoms with Crippen LogP contribution < -0.4 is 5.46 Å². The molecule has 1 fully saturated rings. The molecule has 0 atom stereocenters. The van der Waals surface area contributed by atoms with E-state index in [-0.39, 0.29) is 6.61 Å². The summed E-state index contributed by atoms with van der Waals surface area (Å²) in [4.78, 5) is 0. The predicted molar refractivity (Wildman–Crippen MR) is 153 cm³/mol. The molecule has 1 aliphatic carbocycles. The lowest BCUT2D eigenvalue weighted by Gasteiger charge is -2.32. The molecule has 1 aromatic heterocycles. The number of benzene rings is 2. The van der Waals surface area contributed by atoms with Gasteiger partial charge in [-0.3, -0.25) is 0 Å². The Morgan fingerprint density at radius 3 is 2.49 bits per heavy atom. The van der Waals surface area contributed by atoms with Crippen molar-refractivity contribution >= 4 is 43.2 Å². The first-order chi connectivity index (χ1) is 17.4. The third-order valence-corrected chi connectivity index (χ3v) is 9.67. The second kappa shape index (κ2) is 9.51. The topological polar surface area (TPSA) is 65.7 Å². The Morgan fingerprint density at radius 2 is 1.81 bits per heavy atom. The molecule has 6 nitrogen and oxygen atoms in total. The van der Waals surface area contributed by atoms with Crippen LogP contribution in [0.25, 0.3) is 22.6 Å². The van der Waals surface area contributed by atoms with Gasteiger partial charge < -0.3 is 19.2 Å². The highest BCUT2D eigenvalue weighted by Crippen LogP contribution is 2.38. The fourth-order valence-electron chi connectivity index (χ4n) is 4.91. The van der Waals surface area contributed by atoms with Crippen molar-refractivity contribution in [3.05, 3.63) is 58.8 Å². The summed E-state index contributed by atoms with van der Waals surface area (Å²) in [5.74, 6) is 0. The van der Waals surface area contributed by atoms with Crippen LogP contribution in [0.1, 0.15) is 50.1 Å². The van der Waals surface area contributed by atoms with Crippen LogP contribution in [0.2, 0.25) is 25.7 Å². The van der Waals surface area contributed by atoms with Crippen LogP contribution in [0, 0.1) is 0 Å². The number of aliphatic hydroxyl groups is 1. The molecule has 0 spiro atoms. The van der Waals surface area contributed by atoms with Gasteiger partial charge >= 0.3 is 7.12 Å². The van der Waals surface area contributed by atoms with Crippen LogP contribution in [0.3, 0.4) is 0 Å². The lowest BCUT2D eigenvalue weighted by Crippen LogP contribution is -2.41. The van der Waals surface area contributed by atoms with Gasteiger partial charge in [0, 0.05) is 26.5 Å². The molecule has 0 amide bonds. The van der Waals surface area contributed by atoms with Gasteiger partial charge in [0.1, 0.15) is 6.73 Å². The number of nitrogens with zero attached hydrogens (tertiary/aromatic N) is 2. The zero-order chi connectivity index (χ0) is 26.6. The van der Waals surface area contributed by atoms with Crippen molar-refractivity contribution in [2.24, 2.45) is 0 Å². The average Bonchev–Trinajstić information content (AvgIpc) is 3.47.